The molecule has 0 aromatic heterocycles. The quantitative estimate of drug-likeness (QED) is 0.212. The van der Waals surface area contributed by atoms with Gasteiger partial charge in [0.05, 0.1) is 21.8 Å². The van der Waals surface area contributed by atoms with Crippen molar-refractivity contribution in [3.8, 4) is 16.9 Å². The molecule has 1 aliphatic rings. The number of nitrogens with one attached hydrogen (secondary N) is 1. The lowest BCUT2D eigenvalue weighted by Crippen LogP contribution is -2.47. The molecule has 2 N–H and O–H groups in total. The molecule has 1 fully saturated rings. The van der Waals surface area contributed by atoms with Crippen LogP contribution >= 0.6 is 23.2 Å². The minimum absolute atomic E-state index is 0.0848. The van der Waals surface area contributed by atoms with Gasteiger partial charge in [0, 0.05) is 43.3 Å². The normalized spacial score (nSPS) is 15.4. The molecule has 43 heavy (non-hydrogen) atoms. The Bertz CT molecular complexity index is 1470. The first kappa shape index (κ1) is 32.4. The van der Waals surface area contributed by atoms with E-state index in [1.807, 2.05) is 67.6 Å². The fraction of sp³-hybridized carbons (Fsp3) is 0.306. The Labute approximate surface area is 266 Å². The smallest absolute Gasteiger partial charge is 0.251 e. The number of hydrogen-bond donors (Lipinski definition) is 2. The van der Waals surface area contributed by atoms with Gasteiger partial charge in [-0.2, -0.15) is 0 Å². The van der Waals surface area contributed by atoms with Gasteiger partial charge in [0.15, 0.2) is 0 Å². The van der Waals surface area contributed by atoms with Gasteiger partial charge in [0.1, 0.15) is 5.75 Å². The summed E-state index contributed by atoms with van der Waals surface area (Å²) in [6, 6.07) is 23.6. The second kappa shape index (κ2) is 15.3. The number of carbonyl (C=O) groups is 1. The Kier molecular flexibility index (Phi) is 11.5. The van der Waals surface area contributed by atoms with Gasteiger partial charge in [-0.15, -0.1) is 0 Å². The van der Waals surface area contributed by atoms with E-state index in [0.717, 1.165) is 40.8 Å². The average molecular weight is 619 g/mol. The zero-order valence-corrected chi connectivity index (χ0v) is 26.7. The number of nitrogens with zero attached hydrogens (tertiary/aromatic N) is 2. The van der Waals surface area contributed by atoms with E-state index in [2.05, 4.69) is 53.7 Å². The van der Waals surface area contributed by atoms with E-state index < -0.39 is 0 Å². The minimum Gasteiger partial charge on any atom is -0.508 e. The van der Waals surface area contributed by atoms with Crippen molar-refractivity contribution in [2.45, 2.75) is 45.7 Å². The largest absolute Gasteiger partial charge is 0.508 e. The van der Waals surface area contributed by atoms with Crippen molar-refractivity contribution in [3.63, 3.8) is 0 Å². The van der Waals surface area contributed by atoms with Crippen molar-refractivity contribution in [3.05, 3.63) is 124 Å². The summed E-state index contributed by atoms with van der Waals surface area (Å²) in [5.41, 5.74) is 5.28. The molecule has 1 aliphatic heterocycles. The van der Waals surface area contributed by atoms with E-state index in [1.54, 1.807) is 6.07 Å². The fourth-order valence-electron chi connectivity index (χ4n) is 5.62. The first-order chi connectivity index (χ1) is 20.8. The molecule has 0 saturated carbocycles. The van der Waals surface area contributed by atoms with E-state index >= 15 is 0 Å². The van der Waals surface area contributed by atoms with Crippen LogP contribution in [0.1, 0.15) is 61.1 Å². The van der Waals surface area contributed by atoms with Crippen LogP contribution in [-0.2, 0) is 0 Å². The van der Waals surface area contributed by atoms with Gasteiger partial charge >= 0.3 is 0 Å². The van der Waals surface area contributed by atoms with E-state index in [9.17, 15) is 9.90 Å². The molecule has 1 amide bonds. The molecule has 0 spiro atoms. The van der Waals surface area contributed by atoms with Crippen molar-refractivity contribution in [1.29, 1.82) is 0 Å². The third-order valence-corrected chi connectivity index (χ3v) is 8.73. The molecule has 1 saturated heterocycles. The fourth-order valence-corrected chi connectivity index (χ4v) is 5.90. The number of carbonyl (C=O) groups excluding carboxylic acids is 1. The minimum atomic E-state index is -0.278. The number of amides is 1. The van der Waals surface area contributed by atoms with Gasteiger partial charge in [-0.25, -0.2) is 0 Å². The van der Waals surface area contributed by atoms with Gasteiger partial charge in [0.2, 0.25) is 0 Å². The SMILES string of the molecule is C=C(Cl)/C(Cl)=C(\C=CC)N1CCN(C(c2cccc(C(=O)NC(CC)CC)c2)c2cc(-c3ccccc3)ccc2O)CC1. The lowest BCUT2D eigenvalue weighted by molar-refractivity contribution is 0.0934. The maximum Gasteiger partial charge on any atom is 0.251 e. The third kappa shape index (κ3) is 7.91. The summed E-state index contributed by atoms with van der Waals surface area (Å²) in [6.45, 7) is 12.7. The van der Waals surface area contributed by atoms with Crippen molar-refractivity contribution in [2.24, 2.45) is 0 Å². The number of benzene rings is 3. The molecule has 5 nitrogen and oxygen atoms in total. The van der Waals surface area contributed by atoms with Crippen LogP contribution in [0.25, 0.3) is 11.1 Å². The first-order valence-electron chi connectivity index (χ1n) is 14.9. The highest BCUT2D eigenvalue weighted by molar-refractivity contribution is 6.44. The van der Waals surface area contributed by atoms with Crippen LogP contribution in [0.2, 0.25) is 0 Å². The molecule has 0 bridgehead atoms. The molecule has 4 rings (SSSR count). The Balaban J connectivity index is 1.74. The van der Waals surface area contributed by atoms with Gasteiger partial charge in [-0.1, -0.05) is 98.2 Å². The maximum atomic E-state index is 13.2. The number of rotatable bonds is 11. The molecule has 3 aromatic carbocycles. The third-order valence-electron chi connectivity index (χ3n) is 8.02. The van der Waals surface area contributed by atoms with Crippen LogP contribution in [0.5, 0.6) is 5.75 Å². The molecule has 0 radical (unpaired) electrons. The number of hydrogen-bond acceptors (Lipinski definition) is 4. The van der Waals surface area contributed by atoms with Crippen LogP contribution in [0.4, 0.5) is 0 Å². The maximum absolute atomic E-state index is 13.2. The van der Waals surface area contributed by atoms with Crippen molar-refractivity contribution in [1.82, 2.24) is 15.1 Å². The number of piperazine rings is 1. The second-order valence-electron chi connectivity index (χ2n) is 10.8. The number of phenolic OH excluding ortho intramolecular Hbond substituents is 1. The molecule has 3 aromatic rings. The Morgan fingerprint density at radius 2 is 1.65 bits per heavy atom. The van der Waals surface area contributed by atoms with Gasteiger partial charge in [-0.3, -0.25) is 9.69 Å². The zero-order valence-electron chi connectivity index (χ0n) is 25.2. The number of phenols is 1. The summed E-state index contributed by atoms with van der Waals surface area (Å²) in [5.74, 6) is 0.133. The van der Waals surface area contributed by atoms with Crippen molar-refractivity contribution in [2.75, 3.05) is 26.2 Å². The second-order valence-corrected chi connectivity index (χ2v) is 11.6. The molecular formula is C36H41Cl2N3O2. The van der Waals surface area contributed by atoms with Gasteiger partial charge in [-0.05, 0) is 66.8 Å². The first-order valence-corrected chi connectivity index (χ1v) is 15.7. The molecule has 1 atom stereocenters. The predicted octanol–water partition coefficient (Wildman–Crippen LogP) is 8.46. The molecule has 1 unspecified atom stereocenters. The summed E-state index contributed by atoms with van der Waals surface area (Å²) in [5, 5.41) is 15.2. The van der Waals surface area contributed by atoms with E-state index in [1.165, 1.54) is 0 Å². The highest BCUT2D eigenvalue weighted by atomic mass is 35.5. The number of allylic oxidation sites excluding steroid dienone is 4. The Hall–Kier alpha value is -3.51. The van der Waals surface area contributed by atoms with Crippen LogP contribution < -0.4 is 5.32 Å². The molecule has 0 aliphatic carbocycles. The lowest BCUT2D eigenvalue weighted by atomic mass is 9.91. The molecular weight excluding hydrogens is 577 g/mol. The summed E-state index contributed by atoms with van der Waals surface area (Å²) >= 11 is 12.7. The van der Waals surface area contributed by atoms with Gasteiger partial charge < -0.3 is 15.3 Å². The lowest BCUT2D eigenvalue weighted by Gasteiger charge is -2.41. The van der Waals surface area contributed by atoms with Crippen molar-refractivity contribution < 1.29 is 9.90 Å². The summed E-state index contributed by atoms with van der Waals surface area (Å²) in [7, 11) is 0. The average Bonchev–Trinajstić information content (AvgIpc) is 3.04. The van der Waals surface area contributed by atoms with Crippen LogP contribution in [0.15, 0.2) is 107 Å². The highest BCUT2D eigenvalue weighted by Gasteiger charge is 2.30. The highest BCUT2D eigenvalue weighted by Crippen LogP contribution is 2.38. The van der Waals surface area contributed by atoms with Crippen molar-refractivity contribution >= 4 is 29.1 Å². The van der Waals surface area contributed by atoms with Crippen LogP contribution in [0.3, 0.4) is 0 Å². The zero-order chi connectivity index (χ0) is 30.9. The van der Waals surface area contributed by atoms with E-state index in [4.69, 9.17) is 23.2 Å². The van der Waals surface area contributed by atoms with Crippen LogP contribution in [0, 0.1) is 0 Å². The number of halogens is 2. The topological polar surface area (TPSA) is 55.8 Å². The van der Waals surface area contributed by atoms with E-state index in [-0.39, 0.29) is 23.7 Å². The monoisotopic (exact) mass is 617 g/mol. The molecule has 226 valence electrons. The Morgan fingerprint density at radius 3 is 2.28 bits per heavy atom. The summed E-state index contributed by atoms with van der Waals surface area (Å²) < 4.78 is 0. The van der Waals surface area contributed by atoms with Gasteiger partial charge in [0.25, 0.3) is 5.91 Å². The van der Waals surface area contributed by atoms with E-state index in [0.29, 0.717) is 41.8 Å². The van der Waals surface area contributed by atoms with Crippen LogP contribution in [-0.4, -0.2) is 53.0 Å². The Morgan fingerprint density at radius 1 is 0.953 bits per heavy atom. The standard InChI is InChI=1S/C36H41Cl2N3O2/c1-5-12-32(34(38)25(4)37)40-19-21-41(22-20-40)35(28-15-11-16-29(23-28)36(43)39-30(6-2)7-3)31-24-27(17-18-33(31)42)26-13-9-8-10-14-26/h5,8-18,23-24,30,35,42H,4,6-7,19-22H2,1-3H3,(H,39,43)/b12-5?,34-32-. The summed E-state index contributed by atoms with van der Waals surface area (Å²) in [4.78, 5) is 17.8. The number of aromatic hydroxyl groups is 1. The summed E-state index contributed by atoms with van der Waals surface area (Å²) in [6.07, 6.45) is 5.65. The molecule has 1 heterocycles. The predicted molar refractivity (Wildman–Crippen MR) is 179 cm³/mol. The molecule has 7 heteroatoms.